The molecule has 0 saturated heterocycles. The predicted molar refractivity (Wildman–Crippen MR) is 190 cm³/mol. The molecule has 9 aromatic rings. The van der Waals surface area contributed by atoms with E-state index in [1.165, 1.54) is 58.2 Å². The molecular formula is C41H26N2S. The van der Waals surface area contributed by atoms with Crippen LogP contribution in [0.15, 0.2) is 158 Å². The Morgan fingerprint density at radius 1 is 0.409 bits per heavy atom. The largest absolute Gasteiger partial charge is 0.310 e. The van der Waals surface area contributed by atoms with Crippen LogP contribution in [0.25, 0.3) is 63.7 Å². The van der Waals surface area contributed by atoms with E-state index >= 15 is 0 Å². The molecule has 0 spiro atoms. The van der Waals surface area contributed by atoms with E-state index in [9.17, 15) is 0 Å². The number of thiophene rings is 1. The lowest BCUT2D eigenvalue weighted by atomic mass is 9.96. The van der Waals surface area contributed by atoms with E-state index in [4.69, 9.17) is 0 Å². The SMILES string of the molecule is c1ccc(-c2ccc(N(c3ccc4c(c3)sc3cccnc34)c3ccc4ccc5c6ccccc6ccc5c4c3)cc2)cc1. The molecule has 206 valence electrons. The van der Waals surface area contributed by atoms with Crippen molar-refractivity contribution in [2.75, 3.05) is 4.90 Å². The van der Waals surface area contributed by atoms with E-state index in [0.717, 1.165) is 22.6 Å². The average Bonchev–Trinajstić information content (AvgIpc) is 3.47. The van der Waals surface area contributed by atoms with Gasteiger partial charge < -0.3 is 4.90 Å². The number of fused-ring (bicyclic) bond motifs is 8. The molecule has 3 heteroatoms. The standard InChI is InChI=1S/C41H26N2S/c1-2-7-27(8-3-1)28-12-17-31(18-13-28)43(33-20-23-37-40(26-33)44-39-11-6-24-42-41(37)39)32-19-14-30-16-21-35-34-10-5-4-9-29(34)15-22-36(35)38(30)25-32/h1-26H. The van der Waals surface area contributed by atoms with Crippen LogP contribution in [-0.2, 0) is 0 Å². The van der Waals surface area contributed by atoms with Crippen molar-refractivity contribution in [2.45, 2.75) is 0 Å². The lowest BCUT2D eigenvalue weighted by Gasteiger charge is -2.26. The third-order valence-electron chi connectivity index (χ3n) is 8.69. The first-order valence-electron chi connectivity index (χ1n) is 14.9. The first-order valence-corrected chi connectivity index (χ1v) is 15.7. The van der Waals surface area contributed by atoms with E-state index < -0.39 is 0 Å². The Balaban J connectivity index is 1.25. The fourth-order valence-corrected chi connectivity index (χ4v) is 7.65. The van der Waals surface area contributed by atoms with Crippen molar-refractivity contribution in [3.63, 3.8) is 0 Å². The summed E-state index contributed by atoms with van der Waals surface area (Å²) in [5.74, 6) is 0. The van der Waals surface area contributed by atoms with Gasteiger partial charge in [0, 0.05) is 33.3 Å². The minimum atomic E-state index is 1.07. The van der Waals surface area contributed by atoms with Gasteiger partial charge in [0.1, 0.15) is 0 Å². The molecule has 2 aromatic heterocycles. The number of nitrogens with zero attached hydrogens (tertiary/aromatic N) is 2. The first-order chi connectivity index (χ1) is 21.8. The van der Waals surface area contributed by atoms with Crippen molar-refractivity contribution >= 4 is 81.0 Å². The third kappa shape index (κ3) is 4.05. The normalized spacial score (nSPS) is 11.6. The van der Waals surface area contributed by atoms with Gasteiger partial charge >= 0.3 is 0 Å². The van der Waals surface area contributed by atoms with Gasteiger partial charge in [-0.1, -0.05) is 97.1 Å². The molecule has 0 aliphatic heterocycles. The summed E-state index contributed by atoms with van der Waals surface area (Å²) < 4.78 is 2.45. The summed E-state index contributed by atoms with van der Waals surface area (Å²) in [5.41, 5.74) is 6.87. The van der Waals surface area contributed by atoms with Gasteiger partial charge in [0.05, 0.1) is 10.2 Å². The van der Waals surface area contributed by atoms with Gasteiger partial charge in [0.2, 0.25) is 0 Å². The van der Waals surface area contributed by atoms with Crippen LogP contribution in [0.5, 0.6) is 0 Å². The lowest BCUT2D eigenvalue weighted by Crippen LogP contribution is -2.09. The summed E-state index contributed by atoms with van der Waals surface area (Å²) in [6, 6.07) is 55.0. The van der Waals surface area contributed by atoms with E-state index in [0.29, 0.717) is 0 Å². The topological polar surface area (TPSA) is 16.1 Å². The average molecular weight is 579 g/mol. The maximum Gasteiger partial charge on any atom is 0.0888 e. The van der Waals surface area contributed by atoms with Gasteiger partial charge in [0.25, 0.3) is 0 Å². The Labute approximate surface area is 259 Å². The summed E-state index contributed by atoms with van der Waals surface area (Å²) in [4.78, 5) is 7.06. The van der Waals surface area contributed by atoms with Crippen LogP contribution in [0.1, 0.15) is 0 Å². The Morgan fingerprint density at radius 2 is 1.05 bits per heavy atom. The highest BCUT2D eigenvalue weighted by Gasteiger charge is 2.17. The fourth-order valence-electron chi connectivity index (χ4n) is 6.55. The minimum Gasteiger partial charge on any atom is -0.310 e. The molecule has 44 heavy (non-hydrogen) atoms. The molecule has 0 saturated carbocycles. The molecule has 0 unspecified atom stereocenters. The first kappa shape index (κ1) is 25.0. The number of aromatic nitrogens is 1. The molecule has 2 heterocycles. The van der Waals surface area contributed by atoms with Crippen molar-refractivity contribution in [1.82, 2.24) is 4.98 Å². The number of anilines is 3. The molecule has 0 amide bonds. The molecule has 0 fully saturated rings. The third-order valence-corrected chi connectivity index (χ3v) is 9.79. The van der Waals surface area contributed by atoms with Crippen LogP contribution >= 0.6 is 11.3 Å². The summed E-state index contributed by atoms with van der Waals surface area (Å²) >= 11 is 1.80. The van der Waals surface area contributed by atoms with E-state index in [2.05, 4.69) is 155 Å². The highest BCUT2D eigenvalue weighted by molar-refractivity contribution is 7.25. The number of hydrogen-bond acceptors (Lipinski definition) is 3. The molecule has 0 aliphatic carbocycles. The van der Waals surface area contributed by atoms with Crippen LogP contribution in [0.4, 0.5) is 17.1 Å². The molecule has 0 N–H and O–H groups in total. The second-order valence-electron chi connectivity index (χ2n) is 11.2. The van der Waals surface area contributed by atoms with Crippen molar-refractivity contribution in [3.8, 4) is 11.1 Å². The maximum absolute atomic E-state index is 4.68. The molecule has 2 nitrogen and oxygen atoms in total. The number of benzene rings is 7. The number of rotatable bonds is 4. The summed E-state index contributed by atoms with van der Waals surface area (Å²) in [6.07, 6.45) is 1.88. The Hall–Kier alpha value is -5.51. The minimum absolute atomic E-state index is 1.07. The molecule has 9 rings (SSSR count). The second kappa shape index (κ2) is 10.0. The van der Waals surface area contributed by atoms with Crippen molar-refractivity contribution in [1.29, 1.82) is 0 Å². The predicted octanol–water partition coefficient (Wildman–Crippen LogP) is 12.0. The Bertz CT molecular complexity index is 2490. The monoisotopic (exact) mass is 578 g/mol. The summed E-state index contributed by atoms with van der Waals surface area (Å²) in [7, 11) is 0. The van der Waals surface area contributed by atoms with E-state index in [1.807, 2.05) is 12.3 Å². The van der Waals surface area contributed by atoms with Crippen molar-refractivity contribution < 1.29 is 0 Å². The zero-order chi connectivity index (χ0) is 29.0. The van der Waals surface area contributed by atoms with E-state index in [1.54, 1.807) is 11.3 Å². The second-order valence-corrected chi connectivity index (χ2v) is 12.3. The summed E-state index contributed by atoms with van der Waals surface area (Å²) in [5, 5.41) is 8.80. The molecule has 0 aliphatic rings. The zero-order valence-corrected chi connectivity index (χ0v) is 24.6. The van der Waals surface area contributed by atoms with Gasteiger partial charge in [-0.05, 0) is 98.0 Å². The summed E-state index contributed by atoms with van der Waals surface area (Å²) in [6.45, 7) is 0. The van der Waals surface area contributed by atoms with Crippen LogP contribution < -0.4 is 4.90 Å². The Kier molecular flexibility index (Phi) is 5.71. The molecular weight excluding hydrogens is 553 g/mol. The van der Waals surface area contributed by atoms with Gasteiger partial charge in [0.15, 0.2) is 0 Å². The van der Waals surface area contributed by atoms with Crippen LogP contribution in [0.3, 0.4) is 0 Å². The number of hydrogen-bond donors (Lipinski definition) is 0. The molecule has 7 aromatic carbocycles. The van der Waals surface area contributed by atoms with Crippen LogP contribution in [0, 0.1) is 0 Å². The van der Waals surface area contributed by atoms with Crippen molar-refractivity contribution in [3.05, 3.63) is 158 Å². The lowest BCUT2D eigenvalue weighted by molar-refractivity contribution is 1.30. The highest BCUT2D eigenvalue weighted by Crippen LogP contribution is 2.42. The van der Waals surface area contributed by atoms with Crippen molar-refractivity contribution in [2.24, 2.45) is 0 Å². The van der Waals surface area contributed by atoms with Crippen LogP contribution in [0.2, 0.25) is 0 Å². The smallest absolute Gasteiger partial charge is 0.0888 e. The molecule has 0 atom stereocenters. The zero-order valence-electron chi connectivity index (χ0n) is 23.8. The van der Waals surface area contributed by atoms with E-state index in [-0.39, 0.29) is 0 Å². The van der Waals surface area contributed by atoms with Gasteiger partial charge in [-0.25, -0.2) is 0 Å². The molecule has 0 radical (unpaired) electrons. The van der Waals surface area contributed by atoms with Gasteiger partial charge in [-0.3, -0.25) is 4.98 Å². The maximum atomic E-state index is 4.68. The Morgan fingerprint density at radius 3 is 1.91 bits per heavy atom. The van der Waals surface area contributed by atoms with Gasteiger partial charge in [-0.15, -0.1) is 11.3 Å². The van der Waals surface area contributed by atoms with Gasteiger partial charge in [-0.2, -0.15) is 0 Å². The van der Waals surface area contributed by atoms with Crippen LogP contribution in [-0.4, -0.2) is 4.98 Å². The quantitative estimate of drug-likeness (QED) is 0.193. The molecule has 0 bridgehead atoms. The number of pyridine rings is 1. The fraction of sp³-hybridized carbons (Fsp3) is 0. The highest BCUT2D eigenvalue weighted by atomic mass is 32.1.